The summed E-state index contributed by atoms with van der Waals surface area (Å²) in [5.41, 5.74) is 2.10. The van der Waals surface area contributed by atoms with E-state index >= 15 is 0 Å². The first kappa shape index (κ1) is 17.7. The van der Waals surface area contributed by atoms with E-state index in [1.165, 1.54) is 4.90 Å². The average molecular weight is 445 g/mol. The second kappa shape index (κ2) is 7.53. The number of anilines is 2. The Hall–Kier alpha value is -2.65. The van der Waals surface area contributed by atoms with Crippen LogP contribution in [0.25, 0.3) is 11.5 Å². The van der Waals surface area contributed by atoms with Gasteiger partial charge in [0, 0.05) is 10.0 Å². The number of fused-ring (bicyclic) bond motifs is 1. The minimum absolute atomic E-state index is 0.0104. The third-order valence-electron chi connectivity index (χ3n) is 3.87. The van der Waals surface area contributed by atoms with E-state index in [9.17, 15) is 9.59 Å². The summed E-state index contributed by atoms with van der Waals surface area (Å²) in [6.45, 7) is -0.0104. The first-order chi connectivity index (χ1) is 13.1. The molecule has 2 amide bonds. The Morgan fingerprint density at radius 1 is 1.22 bits per heavy atom. The van der Waals surface area contributed by atoms with Gasteiger partial charge in [-0.3, -0.25) is 9.59 Å². The Balaban J connectivity index is 1.45. The first-order valence-electron chi connectivity index (χ1n) is 8.01. The normalized spacial score (nSPS) is 13.2. The molecule has 0 fully saturated rings. The van der Waals surface area contributed by atoms with Crippen LogP contribution in [0.2, 0.25) is 0 Å². The second-order valence-corrected chi connectivity index (χ2v) is 7.56. The SMILES string of the molecule is O=C1CN(C(=O)CSc2nnc(-c3cccc(Br)c3)o2)c2ccccc2N1. The molecule has 0 bridgehead atoms. The lowest BCUT2D eigenvalue weighted by Crippen LogP contribution is -2.43. The van der Waals surface area contributed by atoms with Gasteiger partial charge in [0.2, 0.25) is 17.7 Å². The smallest absolute Gasteiger partial charge is 0.277 e. The van der Waals surface area contributed by atoms with Crippen molar-refractivity contribution in [2.24, 2.45) is 0 Å². The van der Waals surface area contributed by atoms with Crippen molar-refractivity contribution < 1.29 is 14.0 Å². The Kier molecular flexibility index (Phi) is 4.95. The van der Waals surface area contributed by atoms with Crippen LogP contribution in [0.4, 0.5) is 11.4 Å². The van der Waals surface area contributed by atoms with Crippen LogP contribution >= 0.6 is 27.7 Å². The minimum atomic E-state index is -0.221. The van der Waals surface area contributed by atoms with Crippen molar-refractivity contribution in [2.75, 3.05) is 22.5 Å². The molecule has 1 aromatic heterocycles. The third kappa shape index (κ3) is 3.88. The Labute approximate surface area is 167 Å². The van der Waals surface area contributed by atoms with Crippen molar-refractivity contribution in [1.29, 1.82) is 0 Å². The highest BCUT2D eigenvalue weighted by atomic mass is 79.9. The molecule has 4 rings (SSSR count). The van der Waals surface area contributed by atoms with Crippen molar-refractivity contribution in [3.63, 3.8) is 0 Å². The summed E-state index contributed by atoms with van der Waals surface area (Å²) >= 11 is 4.54. The monoisotopic (exact) mass is 444 g/mol. The van der Waals surface area contributed by atoms with Gasteiger partial charge in [-0.15, -0.1) is 10.2 Å². The average Bonchev–Trinajstić information content (AvgIpc) is 3.14. The molecule has 2 heterocycles. The van der Waals surface area contributed by atoms with Crippen molar-refractivity contribution in [2.45, 2.75) is 5.22 Å². The fourth-order valence-electron chi connectivity index (χ4n) is 2.66. The van der Waals surface area contributed by atoms with Crippen molar-refractivity contribution in [1.82, 2.24) is 10.2 Å². The summed E-state index contributed by atoms with van der Waals surface area (Å²) in [6, 6.07) is 14.7. The fraction of sp³-hybridized carbons (Fsp3) is 0.111. The van der Waals surface area contributed by atoms with Gasteiger partial charge in [-0.1, -0.05) is 45.9 Å². The molecule has 3 aromatic rings. The van der Waals surface area contributed by atoms with Gasteiger partial charge in [0.25, 0.3) is 5.22 Å². The fourth-order valence-corrected chi connectivity index (χ4v) is 3.70. The highest BCUT2D eigenvalue weighted by Crippen LogP contribution is 2.30. The largest absolute Gasteiger partial charge is 0.411 e. The molecule has 136 valence electrons. The number of hydrogen-bond acceptors (Lipinski definition) is 6. The molecule has 7 nitrogen and oxygen atoms in total. The highest BCUT2D eigenvalue weighted by molar-refractivity contribution is 9.10. The predicted molar refractivity (Wildman–Crippen MR) is 106 cm³/mol. The molecule has 0 spiro atoms. The second-order valence-electron chi connectivity index (χ2n) is 5.72. The number of aromatic nitrogens is 2. The molecular formula is C18H13BrN4O3S. The molecule has 0 aliphatic carbocycles. The summed E-state index contributed by atoms with van der Waals surface area (Å²) in [6.07, 6.45) is 0. The van der Waals surface area contributed by atoms with Crippen molar-refractivity contribution >= 4 is 50.9 Å². The Bertz CT molecular complexity index is 1020. The molecule has 1 N–H and O–H groups in total. The number of thioether (sulfide) groups is 1. The predicted octanol–water partition coefficient (Wildman–Crippen LogP) is 3.58. The van der Waals surface area contributed by atoms with Gasteiger partial charge in [-0.2, -0.15) is 0 Å². The van der Waals surface area contributed by atoms with Crippen LogP contribution in [0.1, 0.15) is 0 Å². The van der Waals surface area contributed by atoms with Crippen LogP contribution < -0.4 is 10.2 Å². The molecule has 2 aromatic carbocycles. The van der Waals surface area contributed by atoms with Crippen LogP contribution in [0.15, 0.2) is 62.6 Å². The molecule has 0 saturated carbocycles. The van der Waals surface area contributed by atoms with Gasteiger partial charge >= 0.3 is 0 Å². The number of benzene rings is 2. The topological polar surface area (TPSA) is 88.3 Å². The van der Waals surface area contributed by atoms with Gasteiger partial charge in [-0.25, -0.2) is 0 Å². The van der Waals surface area contributed by atoms with Crippen LogP contribution in [0.3, 0.4) is 0 Å². The Morgan fingerprint density at radius 2 is 2.07 bits per heavy atom. The van der Waals surface area contributed by atoms with Crippen molar-refractivity contribution in [3.8, 4) is 11.5 Å². The number of hydrogen-bond donors (Lipinski definition) is 1. The summed E-state index contributed by atoms with van der Waals surface area (Å²) in [5, 5.41) is 11.1. The Morgan fingerprint density at radius 3 is 2.93 bits per heavy atom. The van der Waals surface area contributed by atoms with Gasteiger partial charge in [0.1, 0.15) is 6.54 Å². The van der Waals surface area contributed by atoms with Gasteiger partial charge in [0.05, 0.1) is 17.1 Å². The number of carbonyl (C=O) groups excluding carboxylic acids is 2. The molecule has 0 radical (unpaired) electrons. The van der Waals surface area contributed by atoms with Gasteiger partial charge < -0.3 is 14.6 Å². The molecule has 1 aliphatic rings. The van der Waals surface area contributed by atoms with Crippen LogP contribution in [-0.4, -0.2) is 34.3 Å². The lowest BCUT2D eigenvalue weighted by atomic mass is 10.2. The zero-order valence-electron chi connectivity index (χ0n) is 13.9. The number of carbonyl (C=O) groups is 2. The maximum atomic E-state index is 12.6. The number of rotatable bonds is 4. The van der Waals surface area contributed by atoms with Crippen LogP contribution in [-0.2, 0) is 9.59 Å². The van der Waals surface area contributed by atoms with E-state index < -0.39 is 0 Å². The summed E-state index contributed by atoms with van der Waals surface area (Å²) in [4.78, 5) is 25.9. The quantitative estimate of drug-likeness (QED) is 0.618. The molecule has 1 aliphatic heterocycles. The number of nitrogens with zero attached hydrogens (tertiary/aromatic N) is 3. The van der Waals surface area contributed by atoms with E-state index in [0.717, 1.165) is 21.8 Å². The van der Waals surface area contributed by atoms with Gasteiger partial charge in [-0.05, 0) is 30.3 Å². The van der Waals surface area contributed by atoms with E-state index in [2.05, 4.69) is 31.4 Å². The van der Waals surface area contributed by atoms with Crippen LogP contribution in [0, 0.1) is 0 Å². The van der Waals surface area contributed by atoms with Crippen LogP contribution in [0.5, 0.6) is 0 Å². The maximum Gasteiger partial charge on any atom is 0.277 e. The number of para-hydroxylation sites is 2. The molecule has 9 heteroatoms. The lowest BCUT2D eigenvalue weighted by Gasteiger charge is -2.28. The van der Waals surface area contributed by atoms with Crippen molar-refractivity contribution in [3.05, 3.63) is 53.0 Å². The summed E-state index contributed by atoms with van der Waals surface area (Å²) in [5.74, 6) is 0.0436. The van der Waals surface area contributed by atoms with E-state index in [1.807, 2.05) is 36.4 Å². The summed E-state index contributed by atoms with van der Waals surface area (Å²) in [7, 11) is 0. The molecule has 0 unspecified atom stereocenters. The lowest BCUT2D eigenvalue weighted by molar-refractivity contribution is -0.120. The number of halogens is 1. The maximum absolute atomic E-state index is 12.6. The van der Waals surface area contributed by atoms with E-state index in [4.69, 9.17) is 4.42 Å². The zero-order valence-corrected chi connectivity index (χ0v) is 16.3. The number of amides is 2. The standard InChI is InChI=1S/C18H13BrN4O3S/c19-12-5-3-4-11(8-12)17-21-22-18(26-17)27-10-16(25)23-9-15(24)20-13-6-1-2-7-14(13)23/h1-8H,9-10H2,(H,20,24). The highest BCUT2D eigenvalue weighted by Gasteiger charge is 2.26. The summed E-state index contributed by atoms with van der Waals surface area (Å²) < 4.78 is 6.53. The first-order valence-corrected chi connectivity index (χ1v) is 9.79. The molecule has 0 saturated heterocycles. The van der Waals surface area contributed by atoms with E-state index in [1.54, 1.807) is 12.1 Å². The van der Waals surface area contributed by atoms with Gasteiger partial charge in [0.15, 0.2) is 0 Å². The molecular weight excluding hydrogens is 432 g/mol. The minimum Gasteiger partial charge on any atom is -0.411 e. The molecule has 27 heavy (non-hydrogen) atoms. The number of nitrogens with one attached hydrogen (secondary N) is 1. The third-order valence-corrected chi connectivity index (χ3v) is 5.17. The van der Waals surface area contributed by atoms with E-state index in [0.29, 0.717) is 22.5 Å². The van der Waals surface area contributed by atoms with E-state index in [-0.39, 0.29) is 24.1 Å². The molecule has 0 atom stereocenters. The zero-order chi connectivity index (χ0) is 18.8.